The summed E-state index contributed by atoms with van der Waals surface area (Å²) in [4.78, 5) is 41.7. The average Bonchev–Trinajstić information content (AvgIpc) is 3.10. The van der Waals surface area contributed by atoms with Gasteiger partial charge < -0.3 is 14.2 Å². The van der Waals surface area contributed by atoms with Crippen LogP contribution in [-0.4, -0.2) is 43.1 Å². The molecule has 4 rings (SSSR count). The maximum absolute atomic E-state index is 13.4. The molecule has 1 N–H and O–H groups in total. The molecule has 3 aromatic rings. The summed E-state index contributed by atoms with van der Waals surface area (Å²) in [6, 6.07) is 16.0. The Balaban J connectivity index is 1.74. The largest absolute Gasteiger partial charge is 0.492 e. The molecule has 0 atom stereocenters. The third-order valence-corrected chi connectivity index (χ3v) is 5.90. The van der Waals surface area contributed by atoms with Crippen LogP contribution < -0.4 is 19.9 Å². The molecular formula is C27H28N4O4. The van der Waals surface area contributed by atoms with E-state index < -0.39 is 17.8 Å². The first-order chi connectivity index (χ1) is 16.7. The third-order valence-electron chi connectivity index (χ3n) is 5.90. The summed E-state index contributed by atoms with van der Waals surface area (Å²) in [5, 5.41) is 2.28. The second-order valence-electron chi connectivity index (χ2n) is 8.43. The van der Waals surface area contributed by atoms with Crippen LogP contribution in [0.3, 0.4) is 0 Å². The average molecular weight is 473 g/mol. The van der Waals surface area contributed by atoms with Gasteiger partial charge in [-0.15, -0.1) is 0 Å². The summed E-state index contributed by atoms with van der Waals surface area (Å²) in [5.74, 6) is -1.05. The van der Waals surface area contributed by atoms with Crippen LogP contribution in [-0.2, 0) is 9.59 Å². The van der Waals surface area contributed by atoms with Crippen LogP contribution in [0.2, 0.25) is 0 Å². The molecule has 1 aliphatic rings. The molecule has 2 heterocycles. The number of urea groups is 1. The van der Waals surface area contributed by atoms with Crippen LogP contribution in [0.4, 0.5) is 16.2 Å². The number of anilines is 2. The molecule has 180 valence electrons. The predicted octanol–water partition coefficient (Wildman–Crippen LogP) is 4.23. The second kappa shape index (κ2) is 9.50. The lowest BCUT2D eigenvalue weighted by atomic mass is 10.1. The molecule has 0 radical (unpaired) electrons. The number of aryl methyl sites for hydroxylation is 1. The van der Waals surface area contributed by atoms with Crippen LogP contribution in [0.25, 0.3) is 11.8 Å². The molecule has 1 saturated heterocycles. The number of ether oxygens (including phenoxy) is 1. The van der Waals surface area contributed by atoms with Gasteiger partial charge in [-0.1, -0.05) is 12.1 Å². The fraction of sp³-hybridized carbons (Fsp3) is 0.222. The molecule has 4 amide bonds. The van der Waals surface area contributed by atoms with Gasteiger partial charge in [0.1, 0.15) is 11.3 Å². The summed E-state index contributed by atoms with van der Waals surface area (Å²) in [7, 11) is 3.97. The van der Waals surface area contributed by atoms with Gasteiger partial charge in [0, 0.05) is 36.9 Å². The van der Waals surface area contributed by atoms with Gasteiger partial charge >= 0.3 is 6.03 Å². The highest BCUT2D eigenvalue weighted by Crippen LogP contribution is 2.32. The first-order valence-electron chi connectivity index (χ1n) is 11.3. The van der Waals surface area contributed by atoms with Crippen LogP contribution in [0.1, 0.15) is 23.9 Å². The van der Waals surface area contributed by atoms with Crippen molar-refractivity contribution in [3.05, 3.63) is 77.1 Å². The van der Waals surface area contributed by atoms with Gasteiger partial charge in [0.15, 0.2) is 0 Å². The number of nitrogens with one attached hydrogen (secondary N) is 1. The number of carbonyl (C=O) groups is 3. The van der Waals surface area contributed by atoms with Gasteiger partial charge in [0.25, 0.3) is 11.8 Å². The van der Waals surface area contributed by atoms with Gasteiger partial charge in [-0.3, -0.25) is 14.9 Å². The van der Waals surface area contributed by atoms with Crippen LogP contribution in [0.15, 0.2) is 60.2 Å². The van der Waals surface area contributed by atoms with Crippen molar-refractivity contribution in [3.8, 4) is 11.4 Å². The maximum atomic E-state index is 13.4. The van der Waals surface area contributed by atoms with E-state index in [1.807, 2.05) is 70.1 Å². The highest BCUT2D eigenvalue weighted by atomic mass is 16.5. The van der Waals surface area contributed by atoms with E-state index in [-0.39, 0.29) is 11.3 Å². The Kier molecular flexibility index (Phi) is 6.46. The Morgan fingerprint density at radius 3 is 2.34 bits per heavy atom. The molecule has 1 aliphatic heterocycles. The molecule has 1 fully saturated rings. The standard InChI is InChI=1S/C27H28N4O4/c1-6-35-24-10-8-7-9-23(24)31-26(33)22(25(32)28-27(31)34)16-19-15-17(2)30(18(19)3)21-13-11-20(12-14-21)29(4)5/h7-16H,6H2,1-5H3,(H,28,32,34)/b22-16+. The Hall–Kier alpha value is -4.33. The molecule has 0 bridgehead atoms. The van der Waals surface area contributed by atoms with Crippen molar-refractivity contribution in [3.63, 3.8) is 0 Å². The van der Waals surface area contributed by atoms with Gasteiger partial charge in [0.05, 0.1) is 12.3 Å². The fourth-order valence-corrected chi connectivity index (χ4v) is 4.18. The lowest BCUT2D eigenvalue weighted by Gasteiger charge is -2.27. The van der Waals surface area contributed by atoms with E-state index in [2.05, 4.69) is 9.88 Å². The maximum Gasteiger partial charge on any atom is 0.336 e. The fourth-order valence-electron chi connectivity index (χ4n) is 4.18. The Morgan fingerprint density at radius 2 is 1.69 bits per heavy atom. The van der Waals surface area contributed by atoms with E-state index in [1.165, 1.54) is 6.08 Å². The van der Waals surface area contributed by atoms with Crippen LogP contribution >= 0.6 is 0 Å². The SMILES string of the molecule is CCOc1ccccc1N1C(=O)NC(=O)/C(=C\c2cc(C)n(-c3ccc(N(C)C)cc3)c2C)C1=O. The molecule has 35 heavy (non-hydrogen) atoms. The van der Waals surface area contributed by atoms with Crippen LogP contribution in [0.5, 0.6) is 5.75 Å². The van der Waals surface area contributed by atoms with Crippen molar-refractivity contribution in [2.45, 2.75) is 20.8 Å². The number of carbonyl (C=O) groups excluding carboxylic acids is 3. The minimum Gasteiger partial charge on any atom is -0.492 e. The number of benzene rings is 2. The number of aromatic nitrogens is 1. The highest BCUT2D eigenvalue weighted by Gasteiger charge is 2.38. The second-order valence-corrected chi connectivity index (χ2v) is 8.43. The zero-order chi connectivity index (χ0) is 25.3. The Labute approximate surface area is 204 Å². The molecule has 1 aromatic heterocycles. The number of para-hydroxylation sites is 2. The molecule has 8 nitrogen and oxygen atoms in total. The van der Waals surface area contributed by atoms with E-state index in [1.54, 1.807) is 24.3 Å². The number of amides is 4. The summed E-state index contributed by atoms with van der Waals surface area (Å²) < 4.78 is 7.65. The molecule has 0 saturated carbocycles. The number of rotatable bonds is 6. The third kappa shape index (κ3) is 4.42. The predicted molar refractivity (Wildman–Crippen MR) is 136 cm³/mol. The van der Waals surface area contributed by atoms with Crippen molar-refractivity contribution in [1.29, 1.82) is 0 Å². The minimum absolute atomic E-state index is 0.126. The van der Waals surface area contributed by atoms with E-state index in [9.17, 15) is 14.4 Å². The van der Waals surface area contributed by atoms with Crippen molar-refractivity contribution in [2.24, 2.45) is 0 Å². The quantitative estimate of drug-likeness (QED) is 0.429. The number of nitrogens with zero attached hydrogens (tertiary/aromatic N) is 3. The molecule has 8 heteroatoms. The zero-order valence-corrected chi connectivity index (χ0v) is 20.5. The van der Waals surface area contributed by atoms with Gasteiger partial charge in [-0.05, 0) is 74.9 Å². The van der Waals surface area contributed by atoms with Gasteiger partial charge in [0.2, 0.25) is 0 Å². The summed E-state index contributed by atoms with van der Waals surface area (Å²) in [5.41, 5.74) is 4.74. The van der Waals surface area contributed by atoms with Crippen molar-refractivity contribution in [2.75, 3.05) is 30.5 Å². The summed E-state index contributed by atoms with van der Waals surface area (Å²) in [6.07, 6.45) is 1.54. The molecule has 0 aliphatic carbocycles. The number of hydrogen-bond donors (Lipinski definition) is 1. The molecule has 0 spiro atoms. The Morgan fingerprint density at radius 1 is 1.00 bits per heavy atom. The number of hydrogen-bond acceptors (Lipinski definition) is 5. The van der Waals surface area contributed by atoms with Crippen molar-refractivity contribution < 1.29 is 19.1 Å². The number of barbiturate groups is 1. The first kappa shape index (κ1) is 23.8. The topological polar surface area (TPSA) is 83.9 Å². The van der Waals surface area contributed by atoms with E-state index >= 15 is 0 Å². The number of imide groups is 2. The van der Waals surface area contributed by atoms with Crippen LogP contribution in [0, 0.1) is 13.8 Å². The first-order valence-corrected chi connectivity index (χ1v) is 11.3. The molecular weight excluding hydrogens is 444 g/mol. The van der Waals surface area contributed by atoms with Crippen molar-refractivity contribution >= 4 is 35.3 Å². The minimum atomic E-state index is -0.809. The van der Waals surface area contributed by atoms with Gasteiger partial charge in [-0.25, -0.2) is 9.69 Å². The van der Waals surface area contributed by atoms with E-state index in [0.717, 1.165) is 27.7 Å². The lowest BCUT2D eigenvalue weighted by molar-refractivity contribution is -0.122. The normalized spacial score (nSPS) is 14.9. The van der Waals surface area contributed by atoms with Gasteiger partial charge in [-0.2, -0.15) is 0 Å². The molecule has 0 unspecified atom stereocenters. The van der Waals surface area contributed by atoms with E-state index in [4.69, 9.17) is 4.74 Å². The lowest BCUT2D eigenvalue weighted by Crippen LogP contribution is -2.54. The summed E-state index contributed by atoms with van der Waals surface area (Å²) >= 11 is 0. The van der Waals surface area contributed by atoms with E-state index in [0.29, 0.717) is 17.9 Å². The summed E-state index contributed by atoms with van der Waals surface area (Å²) in [6.45, 7) is 6.07. The smallest absolute Gasteiger partial charge is 0.336 e. The molecule has 2 aromatic carbocycles. The zero-order valence-electron chi connectivity index (χ0n) is 20.5. The van der Waals surface area contributed by atoms with Crippen molar-refractivity contribution in [1.82, 2.24) is 9.88 Å². The highest BCUT2D eigenvalue weighted by molar-refractivity contribution is 6.39. The Bertz CT molecular complexity index is 1340. The monoisotopic (exact) mass is 472 g/mol.